The first-order valence-electron chi connectivity index (χ1n) is 15.1. The molecule has 0 aliphatic heterocycles. The van der Waals surface area contributed by atoms with Crippen molar-refractivity contribution in [3.8, 4) is 5.75 Å². The monoisotopic (exact) mass is 617 g/mol. The van der Waals surface area contributed by atoms with Crippen LogP contribution >= 0.6 is 0 Å². The predicted octanol–water partition coefficient (Wildman–Crippen LogP) is 2.02. The maximum Gasteiger partial charge on any atom is 0.243 e. The van der Waals surface area contributed by atoms with Crippen molar-refractivity contribution in [2.45, 2.75) is 69.1 Å². The number of nitrogens with one attached hydrogen (secondary N) is 3. The summed E-state index contributed by atoms with van der Waals surface area (Å²) in [5.41, 5.74) is 14.0. The number of primary amides is 1. The van der Waals surface area contributed by atoms with E-state index in [-0.39, 0.29) is 25.0 Å². The molecule has 8 N–H and O–H groups in total. The lowest BCUT2D eigenvalue weighted by atomic mass is 9.83. The van der Waals surface area contributed by atoms with E-state index in [9.17, 15) is 28.7 Å². The SMILES string of the molecule is NC(=O)[C@H](Cc1ccc(F)cc1)NC(=O)[C@H](Cc1ccccc1)NC(=O)[C@@H]1CCCC[C@@H]1NC(=O)[C@@H](N)Cc1ccc(O)cc1. The Morgan fingerprint density at radius 1 is 0.756 bits per heavy atom. The first kappa shape index (κ1) is 33.1. The summed E-state index contributed by atoms with van der Waals surface area (Å²) in [5, 5.41) is 18.0. The Hall–Kier alpha value is -4.77. The van der Waals surface area contributed by atoms with Crippen LogP contribution in [0.3, 0.4) is 0 Å². The van der Waals surface area contributed by atoms with Gasteiger partial charge in [0, 0.05) is 18.9 Å². The van der Waals surface area contributed by atoms with Crippen LogP contribution in [0.25, 0.3) is 0 Å². The van der Waals surface area contributed by atoms with Crippen LogP contribution in [-0.2, 0) is 38.4 Å². The van der Waals surface area contributed by atoms with Gasteiger partial charge in [0.2, 0.25) is 23.6 Å². The van der Waals surface area contributed by atoms with Gasteiger partial charge in [-0.15, -0.1) is 0 Å². The molecule has 3 aromatic carbocycles. The van der Waals surface area contributed by atoms with E-state index in [1.165, 1.54) is 36.4 Å². The molecule has 10 nitrogen and oxygen atoms in total. The molecule has 0 aromatic heterocycles. The molecule has 4 rings (SSSR count). The first-order chi connectivity index (χ1) is 21.6. The Morgan fingerprint density at radius 3 is 2.00 bits per heavy atom. The number of carbonyl (C=O) groups is 4. The molecule has 238 valence electrons. The van der Waals surface area contributed by atoms with Gasteiger partial charge in [0.15, 0.2) is 0 Å². The number of halogens is 1. The topological polar surface area (TPSA) is 177 Å². The second kappa shape index (κ2) is 15.8. The number of aromatic hydroxyl groups is 1. The summed E-state index contributed by atoms with van der Waals surface area (Å²) < 4.78 is 13.4. The molecule has 0 radical (unpaired) electrons. The maximum atomic E-state index is 13.7. The fraction of sp³-hybridized carbons (Fsp3) is 0.353. The van der Waals surface area contributed by atoms with Crippen molar-refractivity contribution in [1.29, 1.82) is 0 Å². The van der Waals surface area contributed by atoms with Crippen LogP contribution in [0.2, 0.25) is 0 Å². The van der Waals surface area contributed by atoms with Crippen molar-refractivity contribution in [3.05, 3.63) is 101 Å². The van der Waals surface area contributed by atoms with Crippen molar-refractivity contribution < 1.29 is 28.7 Å². The van der Waals surface area contributed by atoms with Gasteiger partial charge in [0.05, 0.1) is 12.0 Å². The molecule has 45 heavy (non-hydrogen) atoms. The van der Waals surface area contributed by atoms with E-state index >= 15 is 0 Å². The van der Waals surface area contributed by atoms with E-state index in [1.54, 1.807) is 12.1 Å². The lowest BCUT2D eigenvalue weighted by molar-refractivity contribution is -0.134. The molecular formula is C34H40FN5O5. The van der Waals surface area contributed by atoms with Crippen LogP contribution < -0.4 is 27.4 Å². The second-order valence-electron chi connectivity index (χ2n) is 11.5. The van der Waals surface area contributed by atoms with Gasteiger partial charge < -0.3 is 32.5 Å². The summed E-state index contributed by atoms with van der Waals surface area (Å²) in [6.45, 7) is 0. The standard InChI is InChI=1S/C34H40FN5O5/c35-24-14-10-23(11-15-24)19-29(31(37)42)39-34(45)30(20-21-6-2-1-3-7-21)40-32(43)26-8-4-5-9-28(26)38-33(44)27(36)18-22-12-16-25(41)17-13-22/h1-3,6-7,10-17,26-30,41H,4-5,8-9,18-20,36H2,(H2,37,42)(H,38,44)(H,39,45)(H,40,43)/t26-,27+,28+,29+,30+/m1/s1. The summed E-state index contributed by atoms with van der Waals surface area (Å²) in [4.78, 5) is 52.6. The van der Waals surface area contributed by atoms with Gasteiger partial charge in [-0.25, -0.2) is 4.39 Å². The third kappa shape index (κ3) is 9.87. The number of hydrogen-bond acceptors (Lipinski definition) is 6. The lowest BCUT2D eigenvalue weighted by Gasteiger charge is -2.33. The Bertz CT molecular complexity index is 1450. The fourth-order valence-corrected chi connectivity index (χ4v) is 5.57. The van der Waals surface area contributed by atoms with E-state index in [0.717, 1.165) is 24.0 Å². The van der Waals surface area contributed by atoms with E-state index in [0.29, 0.717) is 18.4 Å². The Kier molecular flexibility index (Phi) is 11.6. The van der Waals surface area contributed by atoms with E-state index in [1.807, 2.05) is 30.3 Å². The highest BCUT2D eigenvalue weighted by atomic mass is 19.1. The van der Waals surface area contributed by atoms with Gasteiger partial charge in [-0.3, -0.25) is 19.2 Å². The number of phenolic OH excluding ortho intramolecular Hbond substituents is 1. The van der Waals surface area contributed by atoms with Crippen molar-refractivity contribution in [3.63, 3.8) is 0 Å². The summed E-state index contributed by atoms with van der Waals surface area (Å²) >= 11 is 0. The van der Waals surface area contributed by atoms with Crippen molar-refractivity contribution in [2.24, 2.45) is 17.4 Å². The zero-order valence-electron chi connectivity index (χ0n) is 25.0. The number of rotatable bonds is 13. The molecule has 0 spiro atoms. The molecule has 0 bridgehead atoms. The minimum Gasteiger partial charge on any atom is -0.508 e. The minimum atomic E-state index is -1.09. The van der Waals surface area contributed by atoms with Gasteiger partial charge >= 0.3 is 0 Å². The first-order valence-corrected chi connectivity index (χ1v) is 15.1. The Labute approximate surface area is 261 Å². The highest BCUT2D eigenvalue weighted by Gasteiger charge is 2.35. The van der Waals surface area contributed by atoms with E-state index in [2.05, 4.69) is 16.0 Å². The molecule has 1 saturated carbocycles. The van der Waals surface area contributed by atoms with Crippen molar-refractivity contribution in [2.75, 3.05) is 0 Å². The number of phenols is 1. The molecule has 11 heteroatoms. The number of benzene rings is 3. The van der Waals surface area contributed by atoms with Crippen molar-refractivity contribution >= 4 is 23.6 Å². The van der Waals surface area contributed by atoms with Gasteiger partial charge in [-0.05, 0) is 60.2 Å². The third-order valence-electron chi connectivity index (χ3n) is 8.09. The van der Waals surface area contributed by atoms with Gasteiger partial charge in [0.25, 0.3) is 0 Å². The van der Waals surface area contributed by atoms with Crippen LogP contribution in [0.1, 0.15) is 42.4 Å². The Balaban J connectivity index is 1.45. The molecule has 1 aliphatic carbocycles. The molecule has 0 saturated heterocycles. The molecule has 3 aromatic rings. The Morgan fingerprint density at radius 2 is 1.33 bits per heavy atom. The third-order valence-corrected chi connectivity index (χ3v) is 8.09. The zero-order chi connectivity index (χ0) is 32.3. The summed E-state index contributed by atoms with van der Waals surface area (Å²) in [6.07, 6.45) is 3.15. The molecule has 0 heterocycles. The molecule has 4 amide bonds. The zero-order valence-corrected chi connectivity index (χ0v) is 25.0. The maximum absolute atomic E-state index is 13.7. The minimum absolute atomic E-state index is 0.0501. The van der Waals surface area contributed by atoms with Crippen LogP contribution in [-0.4, -0.2) is 52.9 Å². The van der Waals surface area contributed by atoms with Crippen LogP contribution in [0.15, 0.2) is 78.9 Å². The number of amides is 4. The van der Waals surface area contributed by atoms with Crippen LogP contribution in [0, 0.1) is 11.7 Å². The summed E-state index contributed by atoms with van der Waals surface area (Å²) in [6, 6.07) is 17.6. The largest absolute Gasteiger partial charge is 0.508 e. The number of nitrogens with two attached hydrogens (primary N) is 2. The molecule has 1 fully saturated rings. The van der Waals surface area contributed by atoms with Crippen LogP contribution in [0.4, 0.5) is 4.39 Å². The number of carbonyl (C=O) groups excluding carboxylic acids is 4. The number of hydrogen-bond donors (Lipinski definition) is 6. The highest BCUT2D eigenvalue weighted by Crippen LogP contribution is 2.25. The van der Waals surface area contributed by atoms with Crippen molar-refractivity contribution in [1.82, 2.24) is 16.0 Å². The van der Waals surface area contributed by atoms with Gasteiger partial charge in [-0.1, -0.05) is 67.4 Å². The quantitative estimate of drug-likeness (QED) is 0.171. The van der Waals surface area contributed by atoms with E-state index in [4.69, 9.17) is 11.5 Å². The molecule has 1 aliphatic rings. The second-order valence-corrected chi connectivity index (χ2v) is 11.5. The normalized spacial score (nSPS) is 18.2. The summed E-state index contributed by atoms with van der Waals surface area (Å²) in [7, 11) is 0. The average Bonchev–Trinajstić information content (AvgIpc) is 3.03. The highest BCUT2D eigenvalue weighted by molar-refractivity contribution is 5.92. The summed E-state index contributed by atoms with van der Waals surface area (Å²) in [5.74, 6) is -3.05. The van der Waals surface area contributed by atoms with Crippen LogP contribution in [0.5, 0.6) is 5.75 Å². The lowest BCUT2D eigenvalue weighted by Crippen LogP contribution is -2.57. The van der Waals surface area contributed by atoms with Gasteiger partial charge in [-0.2, -0.15) is 0 Å². The average molecular weight is 618 g/mol. The van der Waals surface area contributed by atoms with E-state index < -0.39 is 59.5 Å². The molecule has 0 unspecified atom stereocenters. The smallest absolute Gasteiger partial charge is 0.243 e. The predicted molar refractivity (Wildman–Crippen MR) is 167 cm³/mol. The molecule has 5 atom stereocenters. The van der Waals surface area contributed by atoms with Gasteiger partial charge in [0.1, 0.15) is 23.7 Å². The fourth-order valence-electron chi connectivity index (χ4n) is 5.57. The molecular weight excluding hydrogens is 577 g/mol.